The minimum Gasteiger partial charge on any atom is -0.274 e. The van der Waals surface area contributed by atoms with Gasteiger partial charge in [-0.2, -0.15) is 9.49 Å². The zero-order chi connectivity index (χ0) is 8.41. The van der Waals surface area contributed by atoms with Gasteiger partial charge in [-0.1, -0.05) is 6.80 Å². The summed E-state index contributed by atoms with van der Waals surface area (Å²) in [4.78, 5) is 9.81. The third-order valence-electron chi connectivity index (χ3n) is 0.271. The second-order valence-electron chi connectivity index (χ2n) is 0.895. The van der Waals surface area contributed by atoms with Gasteiger partial charge in [0.25, 0.3) is 0 Å². The van der Waals surface area contributed by atoms with Crippen LogP contribution in [-0.4, -0.2) is 20.2 Å². The average Bonchev–Trinajstić information content (AvgIpc) is 1.85. The van der Waals surface area contributed by atoms with E-state index in [1.807, 2.05) is 5.43 Å². The van der Waals surface area contributed by atoms with Crippen molar-refractivity contribution < 1.29 is 10.6 Å². The Balaban J connectivity index is 0. The van der Waals surface area contributed by atoms with Gasteiger partial charge in [-0.3, -0.25) is 4.79 Å². The lowest BCUT2D eigenvalue weighted by Gasteiger charge is -1.83. The van der Waals surface area contributed by atoms with Gasteiger partial charge in [0, 0.05) is 8.29 Å². The molecule has 0 aromatic rings. The Hall–Kier alpha value is -0.865. The first-order valence-electron chi connectivity index (χ1n) is 2.77. The molecule has 50 valence electrons. The second kappa shape index (κ2) is 10.2. The Bertz CT molecular complexity index is 111. The molecule has 0 fully saturated rings. The van der Waals surface area contributed by atoms with Crippen molar-refractivity contribution in [2.75, 3.05) is 0 Å². The molecule has 3 nitrogen and oxygen atoms in total. The van der Waals surface area contributed by atoms with Gasteiger partial charge in [-0.05, 0) is 0 Å². The molecule has 0 aliphatic carbocycles. The van der Waals surface area contributed by atoms with Crippen molar-refractivity contribution in [1.82, 2.24) is 5.43 Å². The highest BCUT2D eigenvalue weighted by atomic mass is 19.1. The van der Waals surface area contributed by atoms with Gasteiger partial charge in [0.05, 0.1) is 7.85 Å². The second-order valence-corrected chi connectivity index (χ2v) is 0.895. The van der Waals surface area contributed by atoms with E-state index < -0.39 is 0 Å². The van der Waals surface area contributed by atoms with Gasteiger partial charge >= 0.3 is 0 Å². The smallest absolute Gasteiger partial charge is 0.237 e. The Morgan fingerprint density at radius 3 is 2.67 bits per heavy atom. The number of carbonyl (C=O) groups is 1. The minimum atomic E-state index is -0.381. The maximum atomic E-state index is 10.8. The fraction of sp³-hybridized carbons (Fsp3) is 0.500. The molecular weight excluding hydrogens is 122 g/mol. The van der Waals surface area contributed by atoms with Gasteiger partial charge < -0.3 is 0 Å². The summed E-state index contributed by atoms with van der Waals surface area (Å²) >= 11 is 0. The van der Waals surface area contributed by atoms with Crippen LogP contribution in [0.5, 0.6) is 0 Å². The molecule has 0 heterocycles. The quantitative estimate of drug-likeness (QED) is 0.310. The number of amides is 1. The van der Waals surface area contributed by atoms with Gasteiger partial charge in [0.1, 0.15) is 0 Å². The summed E-state index contributed by atoms with van der Waals surface area (Å²) in [6.45, 7) is 1.26. The monoisotopic (exact) mass is 132 g/mol. The number of nitrogens with one attached hydrogen (secondary N) is 1. The lowest BCUT2D eigenvalue weighted by molar-refractivity contribution is -0.118. The average molecular weight is 132 g/mol. The van der Waals surface area contributed by atoms with Crippen LogP contribution in [0.3, 0.4) is 0 Å². The first kappa shape index (κ1) is 8.13. The largest absolute Gasteiger partial charge is 0.274 e. The van der Waals surface area contributed by atoms with E-state index in [0.717, 1.165) is 0 Å². The molecule has 0 rings (SSSR count). The standard InChI is InChI=1S/C3H5FN2O.CH3B/c1-3(7)6-5-2-4;1-2/h2H,1H3,(H,6,7);1H3/b5-2-;/i;1T. The van der Waals surface area contributed by atoms with E-state index in [1.165, 1.54) is 6.92 Å². The fourth-order valence-corrected chi connectivity index (χ4v) is 0.115. The predicted molar refractivity (Wildman–Crippen MR) is 35.0 cm³/mol. The topological polar surface area (TPSA) is 41.5 Å². The number of carbonyl (C=O) groups excluding carboxylic acids is 1. The molecule has 0 spiro atoms. The third-order valence-corrected chi connectivity index (χ3v) is 0.271. The van der Waals surface area contributed by atoms with E-state index in [0.29, 0.717) is 0 Å². The highest BCUT2D eigenvalue weighted by Crippen LogP contribution is 1.58. The molecule has 0 saturated carbocycles. The summed E-state index contributed by atoms with van der Waals surface area (Å²) in [6, 6.07) is 0. The van der Waals surface area contributed by atoms with Crippen LogP contribution in [0.1, 0.15) is 8.29 Å². The van der Waals surface area contributed by atoms with E-state index in [-0.39, 0.29) is 19.2 Å². The zero-order valence-corrected chi connectivity index (χ0v) is 5.10. The van der Waals surface area contributed by atoms with E-state index in [1.54, 1.807) is 0 Å². The molecule has 0 atom stereocenters. The molecule has 9 heavy (non-hydrogen) atoms. The molecule has 0 aliphatic rings. The van der Waals surface area contributed by atoms with Gasteiger partial charge in [0.15, 0.2) is 6.47 Å². The lowest BCUT2D eigenvalue weighted by atomic mass is 10.2. The third kappa shape index (κ3) is 19.1. The number of nitrogens with zero attached hydrogens (tertiary/aromatic N) is 1. The molecule has 0 aromatic carbocycles. The van der Waals surface area contributed by atoms with Crippen molar-refractivity contribution in [1.29, 1.82) is 0 Å². The normalized spacial score (nSPS) is 9.33. The predicted octanol–water partition coefficient (Wildman–Crippen LogP) is 0.238. The van der Waals surface area contributed by atoms with Crippen LogP contribution in [0.2, 0.25) is 6.80 Å². The molecule has 1 amide bonds. The van der Waals surface area contributed by atoms with Crippen molar-refractivity contribution >= 4 is 20.2 Å². The number of hydrazone groups is 1. The molecule has 0 bridgehead atoms. The Kier molecular flexibility index (Phi) is 9.21. The SMILES string of the molecule is CC(=O)N/N=C\F.[3H]C[B]. The molecule has 5 heteroatoms. The lowest BCUT2D eigenvalue weighted by Crippen LogP contribution is -2.11. The number of hydrogen-bond donors (Lipinski definition) is 1. The molecule has 0 aromatic heterocycles. The maximum Gasteiger partial charge on any atom is 0.237 e. The summed E-state index contributed by atoms with van der Waals surface area (Å²) in [5.74, 6) is -0.381. The summed E-state index contributed by atoms with van der Waals surface area (Å²) in [5, 5.41) is 2.78. The summed E-state index contributed by atoms with van der Waals surface area (Å²) < 4.78 is 16.8. The number of halogens is 1. The molecule has 0 aliphatic heterocycles. The van der Waals surface area contributed by atoms with Crippen LogP contribution in [0.4, 0.5) is 4.39 Å². The maximum absolute atomic E-state index is 10.8. The van der Waals surface area contributed by atoms with Crippen molar-refractivity contribution in [3.8, 4) is 0 Å². The van der Waals surface area contributed by atoms with Crippen molar-refractivity contribution in [3.63, 3.8) is 0 Å². The Morgan fingerprint density at radius 1 is 2.11 bits per heavy atom. The van der Waals surface area contributed by atoms with E-state index in [9.17, 15) is 9.18 Å². The van der Waals surface area contributed by atoms with Crippen molar-refractivity contribution in [2.24, 2.45) is 5.10 Å². The first-order chi connectivity index (χ1) is 4.68. The number of rotatable bonds is 1. The highest BCUT2D eigenvalue weighted by Gasteiger charge is 1.79. The summed E-state index contributed by atoms with van der Waals surface area (Å²) in [5.41, 5.74) is 1.85. The van der Waals surface area contributed by atoms with E-state index >= 15 is 0 Å². The highest BCUT2D eigenvalue weighted by molar-refractivity contribution is 6.05. The van der Waals surface area contributed by atoms with Gasteiger partial charge in [-0.25, -0.2) is 5.43 Å². The zero-order valence-electron chi connectivity index (χ0n) is 6.10. The van der Waals surface area contributed by atoms with Crippen LogP contribution in [0.15, 0.2) is 5.10 Å². The number of hydrogen-bond acceptors (Lipinski definition) is 2. The first-order valence-corrected chi connectivity index (χ1v) is 2.06. The van der Waals surface area contributed by atoms with Crippen molar-refractivity contribution in [2.45, 2.75) is 13.7 Å². The molecule has 1 N–H and O–H groups in total. The van der Waals surface area contributed by atoms with E-state index in [2.05, 4.69) is 12.9 Å². The van der Waals surface area contributed by atoms with Crippen LogP contribution >= 0.6 is 0 Å². The van der Waals surface area contributed by atoms with Gasteiger partial charge in [-0.15, -0.1) is 0 Å². The Labute approximate surface area is 56.1 Å². The van der Waals surface area contributed by atoms with Crippen molar-refractivity contribution in [3.05, 3.63) is 0 Å². The van der Waals surface area contributed by atoms with Crippen LogP contribution in [0.25, 0.3) is 0 Å². The molecule has 2 radical (unpaired) electrons. The summed E-state index contributed by atoms with van der Waals surface area (Å²) in [7, 11) is 4.51. The van der Waals surface area contributed by atoms with Gasteiger partial charge in [0.2, 0.25) is 5.91 Å². The Morgan fingerprint density at radius 2 is 2.56 bits per heavy atom. The molecular formula is C4H8BFN2O. The van der Waals surface area contributed by atoms with Crippen LogP contribution in [-0.2, 0) is 4.79 Å². The molecule has 0 saturated heterocycles. The fourth-order valence-electron chi connectivity index (χ4n) is 0.115. The van der Waals surface area contributed by atoms with E-state index in [4.69, 9.17) is 1.37 Å². The molecule has 0 unspecified atom stereocenters. The minimum absolute atomic E-state index is 0. The van der Waals surface area contributed by atoms with Crippen LogP contribution < -0.4 is 5.43 Å². The van der Waals surface area contributed by atoms with Crippen LogP contribution in [0, 0.1) is 0 Å². The summed E-state index contributed by atoms with van der Waals surface area (Å²) in [6.07, 6.45) is 0.